The lowest BCUT2D eigenvalue weighted by Gasteiger charge is -2.46. The van der Waals surface area contributed by atoms with Gasteiger partial charge in [0.1, 0.15) is 0 Å². The number of hydrogen-bond donors (Lipinski definition) is 1. The number of aromatic nitrogens is 1. The van der Waals surface area contributed by atoms with E-state index in [1.54, 1.807) is 6.20 Å². The summed E-state index contributed by atoms with van der Waals surface area (Å²) in [5.74, 6) is -0.0819. The summed E-state index contributed by atoms with van der Waals surface area (Å²) in [5, 5.41) is 3.27. The molecule has 5 fully saturated rings. The molecule has 3 amide bonds. The van der Waals surface area contributed by atoms with Crippen LogP contribution in [0.3, 0.4) is 0 Å². The van der Waals surface area contributed by atoms with Crippen molar-refractivity contribution in [3.8, 4) is 0 Å². The number of methoxy groups -OCH3 is 1. The van der Waals surface area contributed by atoms with Crippen LogP contribution in [0.2, 0.25) is 0 Å². The number of amides is 3. The van der Waals surface area contributed by atoms with Crippen molar-refractivity contribution < 1.29 is 23.9 Å². The van der Waals surface area contributed by atoms with Crippen LogP contribution in [0.1, 0.15) is 95.1 Å². The van der Waals surface area contributed by atoms with E-state index in [0.717, 1.165) is 95.7 Å². The second-order valence-corrected chi connectivity index (χ2v) is 13.3. The Hall–Kier alpha value is -2.97. The van der Waals surface area contributed by atoms with Gasteiger partial charge in [-0.15, -0.1) is 0 Å². The summed E-state index contributed by atoms with van der Waals surface area (Å²) in [7, 11) is 1.44. The summed E-state index contributed by atoms with van der Waals surface area (Å²) >= 11 is 0. The van der Waals surface area contributed by atoms with Gasteiger partial charge in [-0.3, -0.25) is 24.2 Å². The number of ether oxygens (including phenoxy) is 1. The van der Waals surface area contributed by atoms with Crippen molar-refractivity contribution in [1.29, 1.82) is 0 Å². The van der Waals surface area contributed by atoms with Crippen LogP contribution in [-0.2, 0) is 23.9 Å². The van der Waals surface area contributed by atoms with Gasteiger partial charge in [0.2, 0.25) is 17.7 Å². The first-order chi connectivity index (χ1) is 19.9. The van der Waals surface area contributed by atoms with E-state index in [1.165, 1.54) is 7.11 Å². The summed E-state index contributed by atoms with van der Waals surface area (Å²) in [6.45, 7) is 1.46. The highest BCUT2D eigenvalue weighted by Gasteiger charge is 2.51. The zero-order valence-corrected chi connectivity index (χ0v) is 24.3. The standard InChI is InChI=1S/C32H44N4O5/c1-41-31(40)22-4-6-24(7-5-22)34-29(38)21-10-12-32(13-11-21)14-17-35(18-15-32)30(39)26-19-27(37)36(25-8-9-25)28(26)23-3-2-16-33-20-23/h2-3,16,20-22,24-26,28H,4-15,17-19H2,1H3,(H,34,38)/t22?,24?,26-,28+/m0/s1. The van der Waals surface area contributed by atoms with E-state index in [0.29, 0.717) is 0 Å². The smallest absolute Gasteiger partial charge is 0.308 e. The number of esters is 1. The summed E-state index contributed by atoms with van der Waals surface area (Å²) in [5.41, 5.74) is 1.17. The van der Waals surface area contributed by atoms with Crippen molar-refractivity contribution in [3.63, 3.8) is 0 Å². The topological polar surface area (TPSA) is 109 Å². The van der Waals surface area contributed by atoms with E-state index in [4.69, 9.17) is 4.74 Å². The Balaban J connectivity index is 0.997. The van der Waals surface area contributed by atoms with E-state index in [2.05, 4.69) is 10.3 Å². The van der Waals surface area contributed by atoms with E-state index in [-0.39, 0.29) is 71.4 Å². The Morgan fingerprint density at radius 1 is 0.951 bits per heavy atom. The number of rotatable bonds is 6. The second kappa shape index (κ2) is 11.7. The Bertz CT molecular complexity index is 1130. The number of piperidine rings is 1. The second-order valence-electron chi connectivity index (χ2n) is 13.3. The molecule has 5 aliphatic rings. The van der Waals surface area contributed by atoms with Gasteiger partial charge in [0, 0.05) is 49.9 Å². The molecule has 1 N–H and O–H groups in total. The van der Waals surface area contributed by atoms with Crippen molar-refractivity contribution in [1.82, 2.24) is 20.1 Å². The van der Waals surface area contributed by atoms with Gasteiger partial charge < -0.3 is 19.9 Å². The van der Waals surface area contributed by atoms with Crippen LogP contribution in [0.15, 0.2) is 24.5 Å². The van der Waals surface area contributed by atoms with Gasteiger partial charge in [-0.1, -0.05) is 6.07 Å². The van der Waals surface area contributed by atoms with Crippen LogP contribution >= 0.6 is 0 Å². The molecule has 3 heterocycles. The Morgan fingerprint density at radius 3 is 2.27 bits per heavy atom. The Kier molecular flexibility index (Phi) is 8.05. The highest BCUT2D eigenvalue weighted by molar-refractivity contribution is 5.91. The fourth-order valence-electron chi connectivity index (χ4n) is 8.09. The molecule has 3 saturated carbocycles. The molecule has 9 nitrogen and oxygen atoms in total. The first kappa shape index (κ1) is 28.2. The van der Waals surface area contributed by atoms with E-state index in [1.807, 2.05) is 28.1 Å². The largest absolute Gasteiger partial charge is 0.469 e. The van der Waals surface area contributed by atoms with Gasteiger partial charge in [0.05, 0.1) is 25.0 Å². The molecule has 0 radical (unpaired) electrons. The zero-order valence-electron chi connectivity index (χ0n) is 24.3. The van der Waals surface area contributed by atoms with Gasteiger partial charge in [0.25, 0.3) is 0 Å². The molecule has 0 unspecified atom stereocenters. The molecule has 3 aliphatic carbocycles. The third-order valence-corrected chi connectivity index (χ3v) is 10.8. The van der Waals surface area contributed by atoms with Crippen LogP contribution in [0.4, 0.5) is 0 Å². The third-order valence-electron chi connectivity index (χ3n) is 10.8. The maximum Gasteiger partial charge on any atom is 0.308 e. The van der Waals surface area contributed by atoms with Gasteiger partial charge in [0.15, 0.2) is 0 Å². The lowest BCUT2D eigenvalue weighted by molar-refractivity contribution is -0.146. The van der Waals surface area contributed by atoms with Crippen molar-refractivity contribution >= 4 is 23.7 Å². The number of nitrogens with zero attached hydrogens (tertiary/aromatic N) is 3. The molecule has 0 aromatic carbocycles. The molecule has 41 heavy (non-hydrogen) atoms. The first-order valence-electron chi connectivity index (χ1n) is 15.8. The molecule has 1 spiro atoms. The molecule has 2 atom stereocenters. The quantitative estimate of drug-likeness (QED) is 0.527. The number of nitrogens with one attached hydrogen (secondary N) is 1. The summed E-state index contributed by atoms with van der Waals surface area (Å²) < 4.78 is 4.88. The zero-order chi connectivity index (χ0) is 28.6. The number of likely N-dealkylation sites (tertiary alicyclic amines) is 2. The lowest BCUT2D eigenvalue weighted by Crippen LogP contribution is -2.48. The van der Waals surface area contributed by atoms with Crippen LogP contribution in [0, 0.1) is 23.2 Å². The fourth-order valence-corrected chi connectivity index (χ4v) is 8.09. The van der Waals surface area contributed by atoms with Crippen molar-refractivity contribution in [3.05, 3.63) is 30.1 Å². The Morgan fingerprint density at radius 2 is 1.66 bits per heavy atom. The predicted octanol–water partition coefficient (Wildman–Crippen LogP) is 3.78. The number of carbonyl (C=O) groups is 4. The van der Waals surface area contributed by atoms with E-state index >= 15 is 0 Å². The maximum absolute atomic E-state index is 13.8. The molecule has 6 rings (SSSR count). The third kappa shape index (κ3) is 5.86. The van der Waals surface area contributed by atoms with Gasteiger partial charge in [-0.05, 0) is 94.1 Å². The average molecular weight is 565 g/mol. The number of carbonyl (C=O) groups excluding carboxylic acids is 4. The molecular formula is C32H44N4O5. The number of hydrogen-bond acceptors (Lipinski definition) is 6. The number of pyridine rings is 1. The summed E-state index contributed by atoms with van der Waals surface area (Å²) in [4.78, 5) is 60.0. The summed E-state index contributed by atoms with van der Waals surface area (Å²) in [6.07, 6.45) is 14.9. The van der Waals surface area contributed by atoms with Gasteiger partial charge in [-0.2, -0.15) is 0 Å². The van der Waals surface area contributed by atoms with Crippen LogP contribution in [-0.4, -0.2) is 70.8 Å². The van der Waals surface area contributed by atoms with Crippen molar-refractivity contribution in [2.75, 3.05) is 20.2 Å². The minimum Gasteiger partial charge on any atom is -0.469 e. The molecule has 222 valence electrons. The first-order valence-corrected chi connectivity index (χ1v) is 15.8. The Labute approximate surface area is 242 Å². The average Bonchev–Trinajstić information content (AvgIpc) is 3.79. The normalized spacial score (nSPS) is 30.3. The highest BCUT2D eigenvalue weighted by Crippen LogP contribution is 2.49. The van der Waals surface area contributed by atoms with Crippen molar-refractivity contribution in [2.24, 2.45) is 23.2 Å². The van der Waals surface area contributed by atoms with Gasteiger partial charge in [-0.25, -0.2) is 0 Å². The fraction of sp³-hybridized carbons (Fsp3) is 0.719. The SMILES string of the molecule is COC(=O)C1CCC(NC(=O)C2CCC3(CC2)CCN(C(=O)[C@H]2CC(=O)N(C4CC4)[C@@H]2c2cccnc2)CC3)CC1. The van der Waals surface area contributed by atoms with E-state index in [9.17, 15) is 19.2 Å². The van der Waals surface area contributed by atoms with E-state index < -0.39 is 0 Å². The maximum atomic E-state index is 13.8. The van der Waals surface area contributed by atoms with Crippen molar-refractivity contribution in [2.45, 2.75) is 102 Å². The monoisotopic (exact) mass is 564 g/mol. The molecule has 9 heteroatoms. The van der Waals surface area contributed by atoms with Crippen LogP contribution in [0.25, 0.3) is 0 Å². The van der Waals surface area contributed by atoms with Crippen LogP contribution in [0.5, 0.6) is 0 Å². The van der Waals surface area contributed by atoms with Gasteiger partial charge >= 0.3 is 5.97 Å². The highest BCUT2D eigenvalue weighted by atomic mass is 16.5. The lowest BCUT2D eigenvalue weighted by atomic mass is 9.65. The molecule has 2 saturated heterocycles. The molecule has 2 aliphatic heterocycles. The molecule has 1 aromatic heterocycles. The molecule has 1 aromatic rings. The molecule has 0 bridgehead atoms. The summed E-state index contributed by atoms with van der Waals surface area (Å²) in [6, 6.07) is 4.09. The molecular weight excluding hydrogens is 520 g/mol. The minimum absolute atomic E-state index is 0.0343. The van der Waals surface area contributed by atoms with Crippen LogP contribution < -0.4 is 5.32 Å². The predicted molar refractivity (Wildman–Crippen MR) is 151 cm³/mol. The minimum atomic E-state index is -0.344.